The number of nitrogens with one attached hydrogen (secondary N) is 1. The molecule has 0 atom stereocenters. The van der Waals surface area contributed by atoms with Crippen LogP contribution in [0.1, 0.15) is 18.4 Å². The Balaban J connectivity index is 1.45. The van der Waals surface area contributed by atoms with Gasteiger partial charge < -0.3 is 19.2 Å². The molecule has 168 valence electrons. The average molecular weight is 465 g/mol. The number of rotatable bonds is 8. The molecule has 0 unspecified atom stereocenters. The first-order valence-electron chi connectivity index (χ1n) is 10.0. The van der Waals surface area contributed by atoms with Gasteiger partial charge in [-0.3, -0.25) is 14.9 Å². The number of nitro groups is 1. The summed E-state index contributed by atoms with van der Waals surface area (Å²) in [6.07, 6.45) is 1.56. The zero-order chi connectivity index (χ0) is 23.4. The lowest BCUT2D eigenvalue weighted by Gasteiger charge is -2.17. The Morgan fingerprint density at radius 1 is 1.12 bits per heavy atom. The van der Waals surface area contributed by atoms with Crippen LogP contribution in [0.5, 0.6) is 11.5 Å². The van der Waals surface area contributed by atoms with Crippen LogP contribution >= 0.6 is 12.2 Å². The molecule has 0 radical (unpaired) electrons. The molecule has 10 heteroatoms. The minimum Gasteiger partial charge on any atom is -0.492 e. The van der Waals surface area contributed by atoms with Crippen molar-refractivity contribution in [3.63, 3.8) is 0 Å². The number of carbonyl (C=O) groups excluding carboxylic acids is 1. The molecule has 2 aromatic carbocycles. The molecule has 0 bridgehead atoms. The van der Waals surface area contributed by atoms with Crippen LogP contribution in [0, 0.1) is 10.1 Å². The van der Waals surface area contributed by atoms with E-state index in [1.165, 1.54) is 29.2 Å². The molecule has 2 heterocycles. The fourth-order valence-electron chi connectivity index (χ4n) is 3.18. The van der Waals surface area contributed by atoms with Crippen LogP contribution in [0.15, 0.2) is 70.8 Å². The number of furan rings is 1. The Morgan fingerprint density at radius 3 is 2.61 bits per heavy atom. The second kappa shape index (κ2) is 9.53. The molecule has 33 heavy (non-hydrogen) atoms. The van der Waals surface area contributed by atoms with E-state index >= 15 is 0 Å². The van der Waals surface area contributed by atoms with Gasteiger partial charge in [-0.05, 0) is 55.5 Å². The van der Waals surface area contributed by atoms with Crippen LogP contribution < -0.4 is 19.7 Å². The molecule has 1 fully saturated rings. The van der Waals surface area contributed by atoms with Gasteiger partial charge in [0.2, 0.25) is 0 Å². The number of hydrogen-bond acceptors (Lipinski definition) is 7. The topological polar surface area (TPSA) is 107 Å². The summed E-state index contributed by atoms with van der Waals surface area (Å²) >= 11 is 5.37. The lowest BCUT2D eigenvalue weighted by atomic mass is 10.2. The Labute approximate surface area is 194 Å². The van der Waals surface area contributed by atoms with Gasteiger partial charge in [-0.25, -0.2) is 4.90 Å². The van der Waals surface area contributed by atoms with E-state index in [0.717, 1.165) is 0 Å². The van der Waals surface area contributed by atoms with Crippen molar-refractivity contribution in [2.45, 2.75) is 13.5 Å². The maximum Gasteiger partial charge on any atom is 0.281 e. The minimum atomic E-state index is -0.476. The number of amides is 1. The first kappa shape index (κ1) is 22.0. The average Bonchev–Trinajstić information content (AvgIpc) is 3.37. The Bertz CT molecular complexity index is 1240. The van der Waals surface area contributed by atoms with Crippen LogP contribution in [0.4, 0.5) is 11.4 Å². The largest absolute Gasteiger partial charge is 0.492 e. The first-order valence-corrected chi connectivity index (χ1v) is 10.4. The van der Waals surface area contributed by atoms with Crippen LogP contribution in [0.2, 0.25) is 0 Å². The summed E-state index contributed by atoms with van der Waals surface area (Å²) < 4.78 is 16.9. The van der Waals surface area contributed by atoms with Crippen molar-refractivity contribution < 1.29 is 23.6 Å². The highest BCUT2D eigenvalue weighted by atomic mass is 32.1. The predicted octanol–water partition coefficient (Wildman–Crippen LogP) is 4.43. The molecule has 0 aliphatic carbocycles. The summed E-state index contributed by atoms with van der Waals surface area (Å²) in [6, 6.07) is 16.4. The van der Waals surface area contributed by atoms with Gasteiger partial charge in [0.15, 0.2) is 5.11 Å². The Morgan fingerprint density at radius 2 is 1.88 bits per heavy atom. The Hall–Kier alpha value is -4.18. The zero-order valence-electron chi connectivity index (χ0n) is 17.5. The maximum atomic E-state index is 13.0. The van der Waals surface area contributed by atoms with Crippen molar-refractivity contribution in [1.29, 1.82) is 0 Å². The third-order valence-corrected chi connectivity index (χ3v) is 4.97. The summed E-state index contributed by atoms with van der Waals surface area (Å²) in [5, 5.41) is 13.9. The van der Waals surface area contributed by atoms with Crippen LogP contribution in [0.25, 0.3) is 6.08 Å². The molecule has 1 saturated heterocycles. The van der Waals surface area contributed by atoms with E-state index in [-0.39, 0.29) is 29.0 Å². The van der Waals surface area contributed by atoms with Crippen molar-refractivity contribution in [1.82, 2.24) is 5.32 Å². The molecule has 9 nitrogen and oxygen atoms in total. The van der Waals surface area contributed by atoms with Crippen LogP contribution in [-0.2, 0) is 11.4 Å². The molecule has 3 aromatic rings. The number of nitro benzene ring substituents is 1. The first-order chi connectivity index (χ1) is 16.0. The number of nitrogens with zero attached hydrogens (tertiary/aromatic N) is 2. The van der Waals surface area contributed by atoms with Gasteiger partial charge in [0.25, 0.3) is 11.6 Å². The maximum absolute atomic E-state index is 13.0. The number of thiocarbonyl (C=S) groups is 1. The van der Waals surface area contributed by atoms with Crippen molar-refractivity contribution in [3.8, 4) is 11.5 Å². The monoisotopic (exact) mass is 465 g/mol. The molecular weight excluding hydrogens is 446 g/mol. The summed E-state index contributed by atoms with van der Waals surface area (Å²) in [4.78, 5) is 24.6. The number of hydrogen-bond donors (Lipinski definition) is 1. The van der Waals surface area contributed by atoms with Crippen molar-refractivity contribution in [2.24, 2.45) is 0 Å². The number of benzene rings is 2. The number of ether oxygens (including phenoxy) is 2. The lowest BCUT2D eigenvalue weighted by molar-refractivity contribution is -0.384. The van der Waals surface area contributed by atoms with Crippen LogP contribution in [-0.4, -0.2) is 22.5 Å². The fourth-order valence-corrected chi connectivity index (χ4v) is 3.47. The van der Waals surface area contributed by atoms with E-state index in [1.54, 1.807) is 36.4 Å². The lowest BCUT2D eigenvalue weighted by Crippen LogP contribution is -2.30. The van der Waals surface area contributed by atoms with Crippen molar-refractivity contribution in [2.75, 3.05) is 11.5 Å². The Kier molecular flexibility index (Phi) is 6.36. The molecule has 1 aliphatic heterocycles. The van der Waals surface area contributed by atoms with Crippen molar-refractivity contribution >= 4 is 40.7 Å². The smallest absolute Gasteiger partial charge is 0.281 e. The molecule has 4 rings (SSSR count). The molecule has 1 aromatic heterocycles. The van der Waals surface area contributed by atoms with Gasteiger partial charge in [-0.15, -0.1) is 0 Å². The van der Waals surface area contributed by atoms with E-state index in [2.05, 4.69) is 5.32 Å². The van der Waals surface area contributed by atoms with E-state index in [0.29, 0.717) is 35.3 Å². The summed E-state index contributed by atoms with van der Waals surface area (Å²) in [5.74, 6) is 1.66. The predicted molar refractivity (Wildman–Crippen MR) is 125 cm³/mol. The highest BCUT2D eigenvalue weighted by Gasteiger charge is 2.34. The minimum absolute atomic E-state index is 0.0150. The molecule has 1 N–H and O–H groups in total. The van der Waals surface area contributed by atoms with E-state index in [4.69, 9.17) is 26.1 Å². The van der Waals surface area contributed by atoms with Gasteiger partial charge in [0.05, 0.1) is 17.2 Å². The SMILES string of the molecule is CCOc1ccccc1N1C(=O)/C(=C\c2ccc(COc3ccc([N+](=O)[O-])cc3)o2)NC1=S. The number of non-ortho nitro benzene ring substituents is 1. The van der Waals surface area contributed by atoms with E-state index < -0.39 is 4.92 Å². The summed E-state index contributed by atoms with van der Waals surface area (Å²) in [7, 11) is 0. The number of carbonyl (C=O) groups is 1. The van der Waals surface area contributed by atoms with E-state index in [1.807, 2.05) is 13.0 Å². The third kappa shape index (κ3) is 4.85. The standard InChI is InChI=1S/C23H19N3O6S/c1-2-30-21-6-4-3-5-20(21)25-22(27)19(24-23(25)33)13-17-11-12-18(32-17)14-31-16-9-7-15(8-10-16)26(28)29/h3-13H,2,14H2,1H3,(H,24,33)/b19-13+. The summed E-state index contributed by atoms with van der Waals surface area (Å²) in [6.45, 7) is 2.44. The second-order valence-electron chi connectivity index (χ2n) is 6.87. The van der Waals surface area contributed by atoms with Gasteiger partial charge >= 0.3 is 0 Å². The van der Waals surface area contributed by atoms with E-state index in [9.17, 15) is 14.9 Å². The van der Waals surface area contributed by atoms with Gasteiger partial charge in [0.1, 0.15) is 35.3 Å². The number of anilines is 1. The van der Waals surface area contributed by atoms with Gasteiger partial charge in [0, 0.05) is 18.2 Å². The fraction of sp³-hybridized carbons (Fsp3) is 0.130. The molecule has 1 amide bonds. The zero-order valence-corrected chi connectivity index (χ0v) is 18.3. The van der Waals surface area contributed by atoms with Crippen molar-refractivity contribution in [3.05, 3.63) is 88.0 Å². The third-order valence-electron chi connectivity index (χ3n) is 4.68. The van der Waals surface area contributed by atoms with Gasteiger partial charge in [-0.1, -0.05) is 12.1 Å². The highest BCUT2D eigenvalue weighted by molar-refractivity contribution is 7.80. The summed E-state index contributed by atoms with van der Waals surface area (Å²) in [5.41, 5.74) is 0.809. The van der Waals surface area contributed by atoms with Crippen LogP contribution in [0.3, 0.4) is 0 Å². The molecular formula is C23H19N3O6S. The quantitative estimate of drug-likeness (QED) is 0.225. The normalized spacial score (nSPS) is 14.5. The number of para-hydroxylation sites is 2. The van der Waals surface area contributed by atoms with Gasteiger partial charge in [-0.2, -0.15) is 0 Å². The molecule has 1 aliphatic rings. The molecule has 0 saturated carbocycles. The second-order valence-corrected chi connectivity index (χ2v) is 7.26. The molecule has 0 spiro atoms. The highest BCUT2D eigenvalue weighted by Crippen LogP contribution is 2.31.